The van der Waals surface area contributed by atoms with Crippen LogP contribution in [0.1, 0.15) is 28.8 Å². The molecule has 1 aliphatic heterocycles. The summed E-state index contributed by atoms with van der Waals surface area (Å²) >= 11 is 0. The van der Waals surface area contributed by atoms with E-state index in [1.165, 1.54) is 0 Å². The average molecular weight is 317 g/mol. The van der Waals surface area contributed by atoms with Gasteiger partial charge < -0.3 is 15.3 Å². The van der Waals surface area contributed by atoms with Crippen LogP contribution >= 0.6 is 0 Å². The Hall–Kier alpha value is -2.08. The zero-order valence-corrected chi connectivity index (χ0v) is 13.4. The molecule has 0 aromatic heterocycles. The Morgan fingerprint density at radius 1 is 1.22 bits per heavy atom. The van der Waals surface area contributed by atoms with Gasteiger partial charge in [0.25, 0.3) is 5.91 Å². The molecule has 2 aliphatic rings. The monoisotopic (exact) mass is 317 g/mol. The minimum Gasteiger partial charge on any atom is -0.507 e. The first-order valence-corrected chi connectivity index (χ1v) is 8.13. The van der Waals surface area contributed by atoms with E-state index in [1.54, 1.807) is 23.1 Å². The van der Waals surface area contributed by atoms with Crippen LogP contribution in [0.25, 0.3) is 0 Å². The molecule has 1 aromatic rings. The van der Waals surface area contributed by atoms with Gasteiger partial charge in [-0.15, -0.1) is 0 Å². The molecule has 124 valence electrons. The molecule has 23 heavy (non-hydrogen) atoms. The molecule has 2 amide bonds. The van der Waals surface area contributed by atoms with Crippen LogP contribution in [0.15, 0.2) is 18.2 Å². The van der Waals surface area contributed by atoms with E-state index in [0.29, 0.717) is 44.3 Å². The smallest absolute Gasteiger partial charge is 0.257 e. The molecule has 0 atom stereocenters. The number of aryl methyl sites for hydroxylation is 1. The number of hydrogen-bond donors (Lipinski definition) is 2. The molecule has 6 heteroatoms. The molecule has 2 N–H and O–H groups in total. The third kappa shape index (κ3) is 4.01. The van der Waals surface area contributed by atoms with Gasteiger partial charge in [-0.05, 0) is 31.9 Å². The van der Waals surface area contributed by atoms with E-state index in [4.69, 9.17) is 0 Å². The van der Waals surface area contributed by atoms with E-state index < -0.39 is 0 Å². The highest BCUT2D eigenvalue weighted by molar-refractivity contribution is 5.97. The van der Waals surface area contributed by atoms with Gasteiger partial charge in [0.2, 0.25) is 5.91 Å². The standard InChI is InChI=1S/C17H23N3O3/c1-12-2-5-15(21)14(10-12)17(23)20-8-6-19(7-9-20)11-16(22)18-13-3-4-13/h2,5,10,13,21H,3-4,6-9,11H2,1H3,(H,18,22). The summed E-state index contributed by atoms with van der Waals surface area (Å²) < 4.78 is 0. The molecule has 1 saturated heterocycles. The van der Waals surface area contributed by atoms with Crippen LogP contribution in [0.2, 0.25) is 0 Å². The molecule has 0 radical (unpaired) electrons. The van der Waals surface area contributed by atoms with Crippen LogP contribution in [-0.4, -0.2) is 65.5 Å². The first kappa shape index (κ1) is 15.8. The van der Waals surface area contributed by atoms with Crippen molar-refractivity contribution in [3.63, 3.8) is 0 Å². The summed E-state index contributed by atoms with van der Waals surface area (Å²) in [7, 11) is 0. The highest BCUT2D eigenvalue weighted by Crippen LogP contribution is 2.21. The predicted molar refractivity (Wildman–Crippen MR) is 86.4 cm³/mol. The predicted octanol–water partition coefficient (Wildman–Crippen LogP) is 0.737. The van der Waals surface area contributed by atoms with Gasteiger partial charge in [-0.1, -0.05) is 11.6 Å². The maximum atomic E-state index is 12.5. The Morgan fingerprint density at radius 2 is 1.91 bits per heavy atom. The Labute approximate surface area is 136 Å². The number of piperazine rings is 1. The lowest BCUT2D eigenvalue weighted by Gasteiger charge is -2.34. The van der Waals surface area contributed by atoms with Gasteiger partial charge in [0.15, 0.2) is 0 Å². The fourth-order valence-corrected chi connectivity index (χ4v) is 2.80. The second-order valence-electron chi connectivity index (χ2n) is 6.43. The molecule has 0 bridgehead atoms. The number of nitrogens with one attached hydrogen (secondary N) is 1. The van der Waals surface area contributed by atoms with Crippen molar-refractivity contribution < 1.29 is 14.7 Å². The molecule has 1 saturated carbocycles. The normalized spacial score (nSPS) is 18.7. The summed E-state index contributed by atoms with van der Waals surface area (Å²) in [6, 6.07) is 5.44. The molecule has 0 spiro atoms. The Balaban J connectivity index is 1.52. The highest BCUT2D eigenvalue weighted by Gasteiger charge is 2.27. The number of aromatic hydroxyl groups is 1. The van der Waals surface area contributed by atoms with Crippen LogP contribution in [0, 0.1) is 6.92 Å². The van der Waals surface area contributed by atoms with Crippen LogP contribution in [0.4, 0.5) is 0 Å². The lowest BCUT2D eigenvalue weighted by Crippen LogP contribution is -2.51. The van der Waals surface area contributed by atoms with E-state index in [-0.39, 0.29) is 17.6 Å². The van der Waals surface area contributed by atoms with Crippen molar-refractivity contribution in [2.45, 2.75) is 25.8 Å². The van der Waals surface area contributed by atoms with Gasteiger partial charge in [-0.25, -0.2) is 0 Å². The zero-order valence-electron chi connectivity index (χ0n) is 13.4. The number of phenols is 1. The summed E-state index contributed by atoms with van der Waals surface area (Å²) in [6.07, 6.45) is 2.18. The molecule has 1 aliphatic carbocycles. The molecule has 6 nitrogen and oxygen atoms in total. The van der Waals surface area contributed by atoms with Crippen LogP contribution in [0.3, 0.4) is 0 Å². The van der Waals surface area contributed by atoms with E-state index in [0.717, 1.165) is 18.4 Å². The zero-order chi connectivity index (χ0) is 16.4. The molecule has 2 fully saturated rings. The Bertz CT molecular complexity index is 605. The van der Waals surface area contributed by atoms with E-state index in [2.05, 4.69) is 10.2 Å². The van der Waals surface area contributed by atoms with E-state index in [9.17, 15) is 14.7 Å². The second kappa shape index (κ2) is 6.58. The minimum absolute atomic E-state index is 0.0202. The number of nitrogens with zero attached hydrogens (tertiary/aromatic N) is 2. The van der Waals surface area contributed by atoms with Gasteiger partial charge in [0.05, 0.1) is 12.1 Å². The van der Waals surface area contributed by atoms with Crippen molar-refractivity contribution >= 4 is 11.8 Å². The fourth-order valence-electron chi connectivity index (χ4n) is 2.80. The molecular weight excluding hydrogens is 294 g/mol. The largest absolute Gasteiger partial charge is 0.507 e. The maximum Gasteiger partial charge on any atom is 0.257 e. The van der Waals surface area contributed by atoms with Crippen LogP contribution in [-0.2, 0) is 4.79 Å². The van der Waals surface area contributed by atoms with Gasteiger partial charge >= 0.3 is 0 Å². The molecular formula is C17H23N3O3. The molecule has 3 rings (SSSR count). The number of carbonyl (C=O) groups excluding carboxylic acids is 2. The van der Waals surface area contributed by atoms with Crippen LogP contribution in [0.5, 0.6) is 5.75 Å². The lowest BCUT2D eigenvalue weighted by molar-refractivity contribution is -0.122. The summed E-state index contributed by atoms with van der Waals surface area (Å²) in [6.45, 7) is 4.79. The summed E-state index contributed by atoms with van der Waals surface area (Å²) in [5.74, 6) is -0.0521. The van der Waals surface area contributed by atoms with Gasteiger partial charge in [-0.3, -0.25) is 14.5 Å². The second-order valence-corrected chi connectivity index (χ2v) is 6.43. The number of phenolic OH excluding ortho intramolecular Hbond substituents is 1. The summed E-state index contributed by atoms with van der Waals surface area (Å²) in [5, 5.41) is 12.9. The number of hydrogen-bond acceptors (Lipinski definition) is 4. The Kier molecular flexibility index (Phi) is 4.52. The van der Waals surface area contributed by atoms with E-state index in [1.807, 2.05) is 6.92 Å². The highest BCUT2D eigenvalue weighted by atomic mass is 16.3. The first-order valence-electron chi connectivity index (χ1n) is 8.13. The van der Waals surface area contributed by atoms with Gasteiger partial charge in [0, 0.05) is 32.2 Å². The van der Waals surface area contributed by atoms with Crippen molar-refractivity contribution in [2.24, 2.45) is 0 Å². The quantitative estimate of drug-likeness (QED) is 0.859. The molecule has 1 heterocycles. The van der Waals surface area contributed by atoms with Gasteiger partial charge in [-0.2, -0.15) is 0 Å². The number of carbonyl (C=O) groups is 2. The van der Waals surface area contributed by atoms with Crippen molar-refractivity contribution in [3.05, 3.63) is 29.3 Å². The lowest BCUT2D eigenvalue weighted by atomic mass is 10.1. The molecule has 1 aromatic carbocycles. The van der Waals surface area contributed by atoms with Crippen molar-refractivity contribution in [3.8, 4) is 5.75 Å². The molecule has 0 unspecified atom stereocenters. The third-order valence-corrected chi connectivity index (χ3v) is 4.35. The van der Waals surface area contributed by atoms with Gasteiger partial charge in [0.1, 0.15) is 5.75 Å². The summed E-state index contributed by atoms with van der Waals surface area (Å²) in [5.41, 5.74) is 1.30. The fraction of sp³-hybridized carbons (Fsp3) is 0.529. The first-order chi connectivity index (χ1) is 11.0. The third-order valence-electron chi connectivity index (χ3n) is 4.35. The van der Waals surface area contributed by atoms with Crippen molar-refractivity contribution in [2.75, 3.05) is 32.7 Å². The number of amides is 2. The minimum atomic E-state index is -0.145. The number of benzene rings is 1. The average Bonchev–Trinajstić information content (AvgIpc) is 3.33. The van der Waals surface area contributed by atoms with E-state index >= 15 is 0 Å². The van der Waals surface area contributed by atoms with Crippen molar-refractivity contribution in [1.29, 1.82) is 0 Å². The van der Waals surface area contributed by atoms with Crippen molar-refractivity contribution in [1.82, 2.24) is 15.1 Å². The van der Waals surface area contributed by atoms with Crippen LogP contribution < -0.4 is 5.32 Å². The SMILES string of the molecule is Cc1ccc(O)c(C(=O)N2CCN(CC(=O)NC3CC3)CC2)c1. The summed E-state index contributed by atoms with van der Waals surface area (Å²) in [4.78, 5) is 28.1. The number of rotatable bonds is 4. The Morgan fingerprint density at radius 3 is 2.57 bits per heavy atom. The topological polar surface area (TPSA) is 72.9 Å². The maximum absolute atomic E-state index is 12.5.